The van der Waals surface area contributed by atoms with E-state index in [0.717, 1.165) is 9.87 Å². The van der Waals surface area contributed by atoms with E-state index < -0.39 is 28.5 Å². The molecule has 0 spiro atoms. The van der Waals surface area contributed by atoms with E-state index in [1.54, 1.807) is 43.3 Å². The Morgan fingerprint density at radius 1 is 0.946 bits per heavy atom. The van der Waals surface area contributed by atoms with E-state index >= 15 is 0 Å². The Bertz CT molecular complexity index is 1320. The molecule has 0 aromatic heterocycles. The first-order valence-corrected chi connectivity index (χ1v) is 13.9. The summed E-state index contributed by atoms with van der Waals surface area (Å²) < 4.78 is 28.7. The molecule has 196 valence electrons. The molecule has 3 aromatic rings. The van der Waals surface area contributed by atoms with Gasteiger partial charge < -0.3 is 10.2 Å². The number of hydrogen-bond donors (Lipinski definition) is 1. The molecule has 0 aliphatic carbocycles. The molecule has 0 bridgehead atoms. The highest BCUT2D eigenvalue weighted by atomic mass is 35.5. The third-order valence-corrected chi connectivity index (χ3v) is 8.42. The molecule has 0 heterocycles. The quantitative estimate of drug-likeness (QED) is 0.389. The van der Waals surface area contributed by atoms with Gasteiger partial charge in [-0.25, -0.2) is 8.42 Å². The van der Waals surface area contributed by atoms with Crippen LogP contribution in [0.15, 0.2) is 83.8 Å². The van der Waals surface area contributed by atoms with E-state index in [-0.39, 0.29) is 17.3 Å². The molecular formula is C28H32ClN3O4S. The number of halogens is 1. The number of carbonyl (C=O) groups is 2. The molecule has 7 nitrogen and oxygen atoms in total. The molecular weight excluding hydrogens is 510 g/mol. The van der Waals surface area contributed by atoms with Crippen LogP contribution in [0.3, 0.4) is 0 Å². The molecule has 0 radical (unpaired) electrons. The van der Waals surface area contributed by atoms with Crippen molar-refractivity contribution >= 4 is 39.1 Å². The molecule has 0 saturated carbocycles. The van der Waals surface area contributed by atoms with Gasteiger partial charge in [0.2, 0.25) is 11.8 Å². The molecule has 0 aliphatic heterocycles. The molecule has 2 amide bonds. The summed E-state index contributed by atoms with van der Waals surface area (Å²) in [5, 5.41) is 3.01. The molecule has 3 aromatic carbocycles. The van der Waals surface area contributed by atoms with Crippen molar-refractivity contribution in [2.45, 2.75) is 37.6 Å². The van der Waals surface area contributed by atoms with Gasteiger partial charge in [0.1, 0.15) is 12.6 Å². The average molecular weight is 542 g/mol. The molecule has 0 aliphatic rings. The van der Waals surface area contributed by atoms with Gasteiger partial charge in [0.25, 0.3) is 10.0 Å². The zero-order valence-corrected chi connectivity index (χ0v) is 22.8. The van der Waals surface area contributed by atoms with Gasteiger partial charge in [-0.2, -0.15) is 0 Å². The summed E-state index contributed by atoms with van der Waals surface area (Å²) in [7, 11) is -2.60. The number of sulfonamides is 1. The highest BCUT2D eigenvalue weighted by Crippen LogP contribution is 2.31. The number of carbonyl (C=O) groups excluding carboxylic acids is 2. The molecule has 9 heteroatoms. The summed E-state index contributed by atoms with van der Waals surface area (Å²) in [4.78, 5) is 28.1. The van der Waals surface area contributed by atoms with Crippen molar-refractivity contribution in [1.82, 2.24) is 10.2 Å². The molecule has 37 heavy (non-hydrogen) atoms. The fraction of sp³-hybridized carbons (Fsp3) is 0.286. The first kappa shape index (κ1) is 28.2. The van der Waals surface area contributed by atoms with Crippen molar-refractivity contribution in [3.63, 3.8) is 0 Å². The third-order valence-electron chi connectivity index (χ3n) is 6.23. The zero-order chi connectivity index (χ0) is 27.0. The van der Waals surface area contributed by atoms with Gasteiger partial charge in [0.15, 0.2) is 0 Å². The van der Waals surface area contributed by atoms with E-state index in [9.17, 15) is 18.0 Å². The molecule has 0 unspecified atom stereocenters. The lowest BCUT2D eigenvalue weighted by atomic mass is 10.1. The van der Waals surface area contributed by atoms with Crippen molar-refractivity contribution in [3.05, 3.63) is 95.0 Å². The first-order chi connectivity index (χ1) is 17.7. The number of nitrogens with zero attached hydrogens (tertiary/aromatic N) is 2. The van der Waals surface area contributed by atoms with Crippen LogP contribution in [0.2, 0.25) is 5.02 Å². The normalized spacial score (nSPS) is 12.0. The Balaban J connectivity index is 2.03. The van der Waals surface area contributed by atoms with Crippen LogP contribution in [0.4, 0.5) is 5.69 Å². The maximum atomic E-state index is 13.8. The van der Waals surface area contributed by atoms with E-state index in [2.05, 4.69) is 5.32 Å². The minimum atomic E-state index is -4.12. The fourth-order valence-corrected chi connectivity index (χ4v) is 5.82. The Hall–Kier alpha value is -3.36. The predicted molar refractivity (Wildman–Crippen MR) is 147 cm³/mol. The van der Waals surface area contributed by atoms with Crippen LogP contribution in [0, 0.1) is 6.92 Å². The van der Waals surface area contributed by atoms with E-state index in [0.29, 0.717) is 29.1 Å². The monoisotopic (exact) mass is 541 g/mol. The van der Waals surface area contributed by atoms with Crippen molar-refractivity contribution < 1.29 is 18.0 Å². The molecule has 0 fully saturated rings. The Morgan fingerprint density at radius 2 is 1.57 bits per heavy atom. The molecule has 3 rings (SSSR count). The van der Waals surface area contributed by atoms with Crippen molar-refractivity contribution in [2.75, 3.05) is 24.4 Å². The minimum Gasteiger partial charge on any atom is -0.357 e. The number of likely N-dealkylation sites (N-methyl/N-ethyl adjacent to an activating group) is 1. The van der Waals surface area contributed by atoms with Crippen LogP contribution in [0.25, 0.3) is 0 Å². The standard InChI is InChI=1S/C28H32ClN3O4S/c1-4-25(28(34)30-3)31(19-18-22-12-7-5-8-13-22)27(33)20-32(26-17-11-16-24(29)21(26)2)37(35,36)23-14-9-6-10-15-23/h5-17,25H,4,18-20H2,1-3H3,(H,30,34)/t25-/m1/s1. The lowest BCUT2D eigenvalue weighted by Crippen LogP contribution is -2.52. The van der Waals surface area contributed by atoms with Crippen LogP contribution in [0.5, 0.6) is 0 Å². The second kappa shape index (κ2) is 12.7. The second-order valence-electron chi connectivity index (χ2n) is 8.57. The number of amides is 2. The van der Waals surface area contributed by atoms with Crippen LogP contribution in [-0.2, 0) is 26.0 Å². The van der Waals surface area contributed by atoms with Crippen molar-refractivity contribution in [1.29, 1.82) is 0 Å². The number of nitrogens with one attached hydrogen (secondary N) is 1. The van der Waals surface area contributed by atoms with Crippen LogP contribution >= 0.6 is 11.6 Å². The van der Waals surface area contributed by atoms with Gasteiger partial charge in [-0.1, -0.05) is 73.1 Å². The largest absolute Gasteiger partial charge is 0.357 e. The number of benzene rings is 3. The van der Waals surface area contributed by atoms with Crippen molar-refractivity contribution in [2.24, 2.45) is 0 Å². The Morgan fingerprint density at radius 3 is 2.16 bits per heavy atom. The predicted octanol–water partition coefficient (Wildman–Crippen LogP) is 4.44. The van der Waals surface area contributed by atoms with E-state index in [1.807, 2.05) is 37.3 Å². The smallest absolute Gasteiger partial charge is 0.264 e. The summed E-state index contributed by atoms with van der Waals surface area (Å²) in [5.74, 6) is -0.787. The Kier molecular flexibility index (Phi) is 9.72. The summed E-state index contributed by atoms with van der Waals surface area (Å²) in [6.07, 6.45) is 0.892. The third kappa shape index (κ3) is 6.70. The van der Waals surface area contributed by atoms with Gasteiger partial charge in [-0.05, 0) is 55.2 Å². The van der Waals surface area contributed by atoms with Gasteiger partial charge >= 0.3 is 0 Å². The van der Waals surface area contributed by atoms with Crippen LogP contribution in [-0.4, -0.2) is 51.3 Å². The van der Waals surface area contributed by atoms with Crippen LogP contribution < -0.4 is 9.62 Å². The lowest BCUT2D eigenvalue weighted by molar-refractivity contribution is -0.139. The zero-order valence-electron chi connectivity index (χ0n) is 21.2. The minimum absolute atomic E-state index is 0.0522. The Labute approximate surface area is 224 Å². The van der Waals surface area contributed by atoms with E-state index in [4.69, 9.17) is 11.6 Å². The summed E-state index contributed by atoms with van der Waals surface area (Å²) in [5.41, 5.74) is 1.85. The van der Waals surface area contributed by atoms with E-state index in [1.165, 1.54) is 24.1 Å². The molecule has 1 atom stereocenters. The van der Waals surface area contributed by atoms with Gasteiger partial charge in [0.05, 0.1) is 10.6 Å². The maximum absolute atomic E-state index is 13.8. The van der Waals surface area contributed by atoms with Gasteiger partial charge in [-0.3, -0.25) is 13.9 Å². The number of anilines is 1. The summed E-state index contributed by atoms with van der Waals surface area (Å²) in [6, 6.07) is 21.8. The molecule has 1 N–H and O–H groups in total. The van der Waals surface area contributed by atoms with Gasteiger partial charge in [-0.15, -0.1) is 0 Å². The summed E-state index contributed by atoms with van der Waals surface area (Å²) in [6.45, 7) is 3.30. The summed E-state index contributed by atoms with van der Waals surface area (Å²) >= 11 is 6.33. The SMILES string of the molecule is CC[C@H](C(=O)NC)N(CCc1ccccc1)C(=O)CN(c1cccc(Cl)c1C)S(=O)(=O)c1ccccc1. The fourth-order valence-electron chi connectivity index (χ4n) is 4.16. The highest BCUT2D eigenvalue weighted by molar-refractivity contribution is 7.92. The average Bonchev–Trinajstić information content (AvgIpc) is 2.92. The molecule has 0 saturated heterocycles. The van der Waals surface area contributed by atoms with Crippen molar-refractivity contribution in [3.8, 4) is 0 Å². The van der Waals surface area contributed by atoms with Crippen LogP contribution in [0.1, 0.15) is 24.5 Å². The topological polar surface area (TPSA) is 86.8 Å². The second-order valence-corrected chi connectivity index (χ2v) is 10.8. The van der Waals surface area contributed by atoms with Gasteiger partial charge in [0, 0.05) is 18.6 Å². The maximum Gasteiger partial charge on any atom is 0.264 e. The number of rotatable bonds is 11. The lowest BCUT2D eigenvalue weighted by Gasteiger charge is -2.33. The highest BCUT2D eigenvalue weighted by Gasteiger charge is 2.33. The first-order valence-electron chi connectivity index (χ1n) is 12.1. The number of hydrogen-bond acceptors (Lipinski definition) is 4.